The van der Waals surface area contributed by atoms with Crippen molar-refractivity contribution in [3.05, 3.63) is 50.8 Å². The van der Waals surface area contributed by atoms with Crippen molar-refractivity contribution in [3.63, 3.8) is 0 Å². The maximum atomic E-state index is 13.4. The number of rotatable bonds is 1. The Morgan fingerprint density at radius 3 is 2.55 bits per heavy atom. The molecule has 0 fully saturated rings. The van der Waals surface area contributed by atoms with E-state index in [1.54, 1.807) is 6.92 Å². The summed E-state index contributed by atoms with van der Waals surface area (Å²) in [4.78, 5) is 19.3. The van der Waals surface area contributed by atoms with Crippen molar-refractivity contribution in [2.24, 2.45) is 0 Å². The fourth-order valence-corrected chi connectivity index (χ4v) is 2.04. The average molecular weight is 295 g/mol. The van der Waals surface area contributed by atoms with Crippen LogP contribution in [0.15, 0.2) is 23.0 Å². The van der Waals surface area contributed by atoms with Crippen LogP contribution in [0.4, 0.5) is 4.39 Å². The fourth-order valence-electron chi connectivity index (χ4n) is 1.83. The van der Waals surface area contributed by atoms with Gasteiger partial charge < -0.3 is 4.98 Å². The molecule has 2 aromatic rings. The number of H-pyrrole nitrogens is 1. The molecule has 1 N–H and O–H groups in total. The molecule has 0 aliphatic carbocycles. The van der Waals surface area contributed by atoms with Crippen molar-refractivity contribution >= 4 is 11.6 Å². The summed E-state index contributed by atoms with van der Waals surface area (Å²) in [5, 5.41) is 0.368. The van der Waals surface area contributed by atoms with Gasteiger partial charge in [-0.3, -0.25) is 4.79 Å². The summed E-state index contributed by atoms with van der Waals surface area (Å²) in [5.74, 6) is 0.131. The van der Waals surface area contributed by atoms with Gasteiger partial charge in [-0.1, -0.05) is 32.4 Å². The Morgan fingerprint density at radius 1 is 1.30 bits per heavy atom. The second-order valence-electron chi connectivity index (χ2n) is 5.76. The molecule has 0 atom stereocenters. The highest BCUT2D eigenvalue weighted by Gasteiger charge is 2.20. The molecule has 3 nitrogen and oxygen atoms in total. The molecule has 0 saturated carbocycles. The summed E-state index contributed by atoms with van der Waals surface area (Å²) in [6, 6.07) is 4.04. The molecule has 0 aliphatic heterocycles. The lowest BCUT2D eigenvalue weighted by Gasteiger charge is -2.19. The van der Waals surface area contributed by atoms with Crippen molar-refractivity contribution in [3.8, 4) is 11.3 Å². The number of hydrogen-bond acceptors (Lipinski definition) is 2. The summed E-state index contributed by atoms with van der Waals surface area (Å²) < 4.78 is 13.4. The van der Waals surface area contributed by atoms with Gasteiger partial charge in [0.2, 0.25) is 0 Å². The molecular formula is C15H16ClFN2O. The first-order valence-corrected chi connectivity index (χ1v) is 6.65. The first kappa shape index (κ1) is 14.7. The van der Waals surface area contributed by atoms with E-state index in [0.717, 1.165) is 0 Å². The molecule has 1 aromatic heterocycles. The fraction of sp³-hybridized carbons (Fsp3) is 0.333. The quantitative estimate of drug-likeness (QED) is 0.868. The Morgan fingerprint density at radius 2 is 1.95 bits per heavy atom. The third kappa shape index (κ3) is 2.75. The maximum Gasteiger partial charge on any atom is 0.254 e. The summed E-state index contributed by atoms with van der Waals surface area (Å²) >= 11 is 6.10. The van der Waals surface area contributed by atoms with Gasteiger partial charge in [0.25, 0.3) is 5.56 Å². The van der Waals surface area contributed by atoms with E-state index in [1.165, 1.54) is 18.2 Å². The zero-order valence-corrected chi connectivity index (χ0v) is 12.6. The van der Waals surface area contributed by atoms with Gasteiger partial charge in [0, 0.05) is 16.5 Å². The smallest absolute Gasteiger partial charge is 0.254 e. The van der Waals surface area contributed by atoms with E-state index in [9.17, 15) is 9.18 Å². The van der Waals surface area contributed by atoms with Crippen molar-refractivity contribution in [2.45, 2.75) is 33.1 Å². The molecule has 0 spiro atoms. The Hall–Kier alpha value is -1.68. The van der Waals surface area contributed by atoms with Crippen LogP contribution in [0.2, 0.25) is 5.02 Å². The lowest BCUT2D eigenvalue weighted by molar-refractivity contribution is 0.542. The molecule has 0 unspecified atom stereocenters. The van der Waals surface area contributed by atoms with Crippen molar-refractivity contribution < 1.29 is 4.39 Å². The van der Waals surface area contributed by atoms with Gasteiger partial charge in [0.15, 0.2) is 0 Å². The molecule has 106 valence electrons. The third-order valence-corrected chi connectivity index (χ3v) is 3.37. The highest BCUT2D eigenvalue weighted by Crippen LogP contribution is 2.29. The third-order valence-electron chi connectivity index (χ3n) is 3.05. The first-order valence-electron chi connectivity index (χ1n) is 6.27. The molecule has 2 rings (SSSR count). The molecule has 0 amide bonds. The minimum atomic E-state index is -0.414. The summed E-state index contributed by atoms with van der Waals surface area (Å²) in [6.07, 6.45) is 0. The Kier molecular flexibility index (Phi) is 3.69. The Bertz CT molecular complexity index is 717. The molecule has 5 heteroatoms. The van der Waals surface area contributed by atoms with E-state index in [-0.39, 0.29) is 11.0 Å². The van der Waals surface area contributed by atoms with Gasteiger partial charge in [-0.25, -0.2) is 9.37 Å². The molecular weight excluding hydrogens is 279 g/mol. The van der Waals surface area contributed by atoms with Crippen LogP contribution < -0.4 is 5.56 Å². The predicted octanol–water partition coefficient (Wildman–Crippen LogP) is 3.84. The largest absolute Gasteiger partial charge is 0.310 e. The number of hydrogen-bond donors (Lipinski definition) is 1. The second kappa shape index (κ2) is 5.02. The molecule has 0 saturated heterocycles. The van der Waals surface area contributed by atoms with E-state index in [1.807, 2.05) is 20.8 Å². The highest BCUT2D eigenvalue weighted by molar-refractivity contribution is 6.33. The SMILES string of the molecule is Cc1c(-c2cc(F)ccc2Cl)nc(C(C)(C)C)[nH]c1=O. The summed E-state index contributed by atoms with van der Waals surface area (Å²) in [5.41, 5.74) is 0.719. The van der Waals surface area contributed by atoms with E-state index in [4.69, 9.17) is 11.6 Å². The second-order valence-corrected chi connectivity index (χ2v) is 6.17. The van der Waals surface area contributed by atoms with Crippen LogP contribution in [0.5, 0.6) is 0 Å². The zero-order valence-electron chi connectivity index (χ0n) is 11.8. The van der Waals surface area contributed by atoms with Gasteiger partial charge >= 0.3 is 0 Å². The number of benzene rings is 1. The van der Waals surface area contributed by atoms with Crippen LogP contribution in [0, 0.1) is 12.7 Å². The van der Waals surface area contributed by atoms with E-state index < -0.39 is 5.82 Å². The Balaban J connectivity index is 2.77. The minimum Gasteiger partial charge on any atom is -0.310 e. The number of nitrogens with zero attached hydrogens (tertiary/aromatic N) is 1. The normalized spacial score (nSPS) is 11.7. The highest BCUT2D eigenvalue weighted by atomic mass is 35.5. The maximum absolute atomic E-state index is 13.4. The number of aromatic amines is 1. The van der Waals surface area contributed by atoms with Crippen LogP contribution in [0.1, 0.15) is 32.2 Å². The van der Waals surface area contributed by atoms with Crippen LogP contribution in [-0.4, -0.2) is 9.97 Å². The summed E-state index contributed by atoms with van der Waals surface area (Å²) in [6.45, 7) is 7.47. The van der Waals surface area contributed by atoms with Crippen molar-refractivity contribution in [2.75, 3.05) is 0 Å². The van der Waals surface area contributed by atoms with Gasteiger partial charge in [0.1, 0.15) is 11.6 Å². The molecule has 0 bridgehead atoms. The van der Waals surface area contributed by atoms with E-state index in [2.05, 4.69) is 9.97 Å². The molecule has 1 aromatic carbocycles. The average Bonchev–Trinajstić information content (AvgIpc) is 2.34. The topological polar surface area (TPSA) is 45.8 Å². The standard InChI is InChI=1S/C15H16ClFN2O/c1-8-12(10-7-9(17)5-6-11(10)16)18-14(15(2,3)4)19-13(8)20/h5-7H,1-4H3,(H,18,19,20). The van der Waals surface area contributed by atoms with Crippen LogP contribution in [0.25, 0.3) is 11.3 Å². The number of halogens is 2. The monoisotopic (exact) mass is 294 g/mol. The van der Waals surface area contributed by atoms with Crippen molar-refractivity contribution in [1.82, 2.24) is 9.97 Å². The van der Waals surface area contributed by atoms with Gasteiger partial charge in [-0.05, 0) is 25.1 Å². The van der Waals surface area contributed by atoms with Crippen LogP contribution >= 0.6 is 11.6 Å². The number of nitrogens with one attached hydrogen (secondary N) is 1. The summed E-state index contributed by atoms with van der Waals surface area (Å²) in [7, 11) is 0. The van der Waals surface area contributed by atoms with E-state index in [0.29, 0.717) is 27.7 Å². The lowest BCUT2D eigenvalue weighted by atomic mass is 9.95. The molecule has 0 radical (unpaired) electrons. The van der Waals surface area contributed by atoms with E-state index >= 15 is 0 Å². The van der Waals surface area contributed by atoms with Crippen molar-refractivity contribution in [1.29, 1.82) is 0 Å². The Labute approximate surface area is 121 Å². The molecule has 20 heavy (non-hydrogen) atoms. The number of aromatic nitrogens is 2. The van der Waals surface area contributed by atoms with Crippen LogP contribution in [-0.2, 0) is 5.41 Å². The van der Waals surface area contributed by atoms with Gasteiger partial charge in [-0.15, -0.1) is 0 Å². The molecule has 0 aliphatic rings. The lowest BCUT2D eigenvalue weighted by Crippen LogP contribution is -2.24. The first-order chi connectivity index (χ1) is 9.20. The zero-order chi connectivity index (χ0) is 15.1. The molecule has 1 heterocycles. The minimum absolute atomic E-state index is 0.236. The van der Waals surface area contributed by atoms with Gasteiger partial charge in [-0.2, -0.15) is 0 Å². The van der Waals surface area contributed by atoms with Crippen LogP contribution in [0.3, 0.4) is 0 Å². The van der Waals surface area contributed by atoms with Gasteiger partial charge in [0.05, 0.1) is 10.7 Å². The predicted molar refractivity (Wildman–Crippen MR) is 78.7 cm³/mol.